The molecule has 0 aliphatic carbocycles. The molecule has 1 aromatic heterocycles. The molecule has 0 unspecified atom stereocenters. The van der Waals surface area contributed by atoms with Crippen LogP contribution in [0.4, 0.5) is 23.2 Å². The predicted octanol–water partition coefficient (Wildman–Crippen LogP) is 4.11. The molecule has 1 aliphatic rings. The van der Waals surface area contributed by atoms with Gasteiger partial charge in [-0.15, -0.1) is 10.2 Å². The van der Waals surface area contributed by atoms with Crippen molar-refractivity contribution >= 4 is 39.3 Å². The summed E-state index contributed by atoms with van der Waals surface area (Å²) in [5.74, 6) is -1.91. The maximum absolute atomic E-state index is 13.7. The minimum atomic E-state index is -4.66. The van der Waals surface area contributed by atoms with E-state index in [4.69, 9.17) is 4.74 Å². The third-order valence-electron chi connectivity index (χ3n) is 6.76. The van der Waals surface area contributed by atoms with Gasteiger partial charge in [-0.1, -0.05) is 23.9 Å². The third-order valence-corrected chi connectivity index (χ3v) is 9.60. The number of halogens is 4. The fraction of sp³-hybridized carbons (Fsp3) is 0.241. The molecule has 4 aromatic rings. The number of morpholine rings is 1. The minimum Gasteiger partial charge on any atom is -0.379 e. The van der Waals surface area contributed by atoms with Gasteiger partial charge in [-0.3, -0.25) is 14.2 Å². The van der Waals surface area contributed by atoms with Gasteiger partial charge in [0, 0.05) is 24.3 Å². The van der Waals surface area contributed by atoms with Crippen molar-refractivity contribution in [3.8, 4) is 5.69 Å². The van der Waals surface area contributed by atoms with Gasteiger partial charge in [-0.05, 0) is 60.7 Å². The molecular weight excluding hydrogens is 652 g/mol. The van der Waals surface area contributed by atoms with E-state index in [2.05, 4.69) is 20.8 Å². The number of hydrogen-bond acceptors (Lipinski definition) is 8. The third kappa shape index (κ3) is 7.72. The number of alkyl halides is 3. The zero-order valence-corrected chi connectivity index (χ0v) is 25.5. The van der Waals surface area contributed by atoms with Gasteiger partial charge < -0.3 is 15.4 Å². The molecule has 1 fully saturated rings. The molecule has 242 valence electrons. The molecule has 0 bridgehead atoms. The predicted molar refractivity (Wildman–Crippen MR) is 159 cm³/mol. The Bertz CT molecular complexity index is 1810. The summed E-state index contributed by atoms with van der Waals surface area (Å²) < 4.78 is 87.4. The summed E-state index contributed by atoms with van der Waals surface area (Å²) in [6.07, 6.45) is -4.66. The molecule has 0 spiro atoms. The first kappa shape index (κ1) is 33.1. The van der Waals surface area contributed by atoms with E-state index in [1.165, 1.54) is 69.5 Å². The minimum absolute atomic E-state index is 0.0367. The second kappa shape index (κ2) is 14.0. The van der Waals surface area contributed by atoms with E-state index in [1.54, 1.807) is 0 Å². The van der Waals surface area contributed by atoms with Gasteiger partial charge in [-0.2, -0.15) is 17.5 Å². The van der Waals surface area contributed by atoms with Crippen LogP contribution in [0.3, 0.4) is 0 Å². The Morgan fingerprint density at radius 1 is 0.935 bits per heavy atom. The highest BCUT2D eigenvalue weighted by Gasteiger charge is 2.33. The van der Waals surface area contributed by atoms with E-state index in [0.717, 1.165) is 23.9 Å². The van der Waals surface area contributed by atoms with Crippen LogP contribution in [0.1, 0.15) is 21.7 Å². The van der Waals surface area contributed by atoms with E-state index >= 15 is 0 Å². The summed E-state index contributed by atoms with van der Waals surface area (Å²) in [4.78, 5) is 25.6. The number of ether oxygens (including phenoxy) is 1. The van der Waals surface area contributed by atoms with Crippen LogP contribution in [-0.2, 0) is 32.3 Å². The molecule has 11 nitrogen and oxygen atoms in total. The monoisotopic (exact) mass is 678 g/mol. The van der Waals surface area contributed by atoms with Crippen LogP contribution >= 0.6 is 11.8 Å². The molecule has 0 radical (unpaired) electrons. The number of aromatic nitrogens is 3. The number of anilines is 1. The van der Waals surface area contributed by atoms with Crippen molar-refractivity contribution < 1.29 is 40.3 Å². The van der Waals surface area contributed by atoms with Crippen LogP contribution in [0.2, 0.25) is 0 Å². The molecule has 0 atom stereocenters. The van der Waals surface area contributed by atoms with Gasteiger partial charge in [0.05, 0.1) is 41.7 Å². The molecule has 2 heterocycles. The smallest absolute Gasteiger partial charge is 0.379 e. The molecule has 46 heavy (non-hydrogen) atoms. The van der Waals surface area contributed by atoms with Crippen molar-refractivity contribution in [2.75, 3.05) is 37.4 Å². The SMILES string of the molecule is O=C(CSc1nnc(CNC(=O)c2ccc(S(=O)(=O)N3CCOCC3)cc2)n1-c1ccc(F)cc1)Nc1ccccc1C(F)(F)F. The van der Waals surface area contributed by atoms with Crippen molar-refractivity contribution in [2.45, 2.75) is 22.8 Å². The fourth-order valence-corrected chi connectivity index (χ4v) is 6.67. The van der Waals surface area contributed by atoms with E-state index in [0.29, 0.717) is 18.9 Å². The Hall–Kier alpha value is -4.32. The van der Waals surface area contributed by atoms with E-state index in [9.17, 15) is 35.6 Å². The highest BCUT2D eigenvalue weighted by atomic mass is 32.2. The maximum atomic E-state index is 13.7. The average Bonchev–Trinajstić information content (AvgIpc) is 3.46. The lowest BCUT2D eigenvalue weighted by atomic mass is 10.1. The molecule has 0 saturated carbocycles. The molecule has 1 saturated heterocycles. The van der Waals surface area contributed by atoms with Gasteiger partial charge >= 0.3 is 6.18 Å². The number of carbonyl (C=O) groups is 2. The summed E-state index contributed by atoms with van der Waals surface area (Å²) in [6.45, 7) is 0.896. The lowest BCUT2D eigenvalue weighted by Crippen LogP contribution is -2.40. The number of amides is 2. The first-order chi connectivity index (χ1) is 21.9. The first-order valence-electron chi connectivity index (χ1n) is 13.7. The standard InChI is InChI=1S/C29H26F4N6O5S2/c30-20-7-9-21(10-8-20)39-25(36-37-28(39)45-18-26(40)35-24-4-2-1-3-23(24)29(31,32)33)17-34-27(41)19-5-11-22(12-6-19)46(42,43)38-13-15-44-16-14-38/h1-12H,13-18H2,(H,34,41)(H,35,40). The zero-order chi connectivity index (χ0) is 32.9. The summed E-state index contributed by atoms with van der Waals surface area (Å²) in [5, 5.41) is 13.3. The summed E-state index contributed by atoms with van der Waals surface area (Å²) in [7, 11) is -3.74. The van der Waals surface area contributed by atoms with Crippen LogP contribution in [0.25, 0.3) is 5.69 Å². The molecule has 5 rings (SSSR count). The number of sulfonamides is 1. The summed E-state index contributed by atoms with van der Waals surface area (Å²) in [5.41, 5.74) is -0.803. The van der Waals surface area contributed by atoms with Crippen molar-refractivity contribution in [2.24, 2.45) is 0 Å². The van der Waals surface area contributed by atoms with E-state index in [1.807, 2.05) is 0 Å². The van der Waals surface area contributed by atoms with Crippen LogP contribution in [-0.4, -0.2) is 71.4 Å². The molecular formula is C29H26F4N6O5S2. The largest absolute Gasteiger partial charge is 0.418 e. The highest BCUT2D eigenvalue weighted by Crippen LogP contribution is 2.34. The van der Waals surface area contributed by atoms with Crippen LogP contribution in [0.15, 0.2) is 82.8 Å². The van der Waals surface area contributed by atoms with Gasteiger partial charge in [-0.25, -0.2) is 12.8 Å². The van der Waals surface area contributed by atoms with Crippen LogP contribution < -0.4 is 10.6 Å². The van der Waals surface area contributed by atoms with Crippen LogP contribution in [0.5, 0.6) is 0 Å². The van der Waals surface area contributed by atoms with E-state index < -0.39 is 45.1 Å². The van der Waals surface area contributed by atoms with Crippen molar-refractivity contribution in [1.82, 2.24) is 24.4 Å². The number of thioether (sulfide) groups is 1. The Morgan fingerprint density at radius 3 is 2.28 bits per heavy atom. The Labute approximate surface area is 265 Å². The lowest BCUT2D eigenvalue weighted by molar-refractivity contribution is -0.137. The maximum Gasteiger partial charge on any atom is 0.418 e. The molecule has 17 heteroatoms. The van der Waals surface area contributed by atoms with Gasteiger partial charge in [0.25, 0.3) is 5.91 Å². The molecule has 3 aromatic carbocycles. The molecule has 2 amide bonds. The normalized spacial score (nSPS) is 14.2. The molecule has 2 N–H and O–H groups in total. The number of nitrogens with zero attached hydrogens (tertiary/aromatic N) is 4. The number of rotatable bonds is 10. The zero-order valence-electron chi connectivity index (χ0n) is 23.8. The lowest BCUT2D eigenvalue weighted by Gasteiger charge is -2.26. The number of hydrogen-bond donors (Lipinski definition) is 2. The fourth-order valence-electron chi connectivity index (χ4n) is 4.49. The van der Waals surface area contributed by atoms with Gasteiger partial charge in [0.1, 0.15) is 5.82 Å². The Morgan fingerprint density at radius 2 is 1.61 bits per heavy atom. The van der Waals surface area contributed by atoms with Crippen molar-refractivity contribution in [1.29, 1.82) is 0 Å². The Balaban J connectivity index is 1.28. The number of nitrogens with one attached hydrogen (secondary N) is 2. The summed E-state index contributed by atoms with van der Waals surface area (Å²) >= 11 is 0.875. The van der Waals surface area contributed by atoms with Gasteiger partial charge in [0.2, 0.25) is 15.9 Å². The van der Waals surface area contributed by atoms with Gasteiger partial charge in [0.15, 0.2) is 11.0 Å². The summed E-state index contributed by atoms with van der Waals surface area (Å²) in [6, 6.07) is 15.3. The highest BCUT2D eigenvalue weighted by molar-refractivity contribution is 7.99. The topological polar surface area (TPSA) is 136 Å². The number of benzene rings is 3. The van der Waals surface area contributed by atoms with Crippen molar-refractivity contribution in [3.63, 3.8) is 0 Å². The number of carbonyl (C=O) groups excluding carboxylic acids is 2. The van der Waals surface area contributed by atoms with E-state index in [-0.39, 0.29) is 46.8 Å². The quantitative estimate of drug-likeness (QED) is 0.189. The first-order valence-corrected chi connectivity index (χ1v) is 16.1. The number of para-hydroxylation sites is 1. The Kier molecular flexibility index (Phi) is 10.0. The molecule has 1 aliphatic heterocycles. The second-order valence-electron chi connectivity index (χ2n) is 9.81. The van der Waals surface area contributed by atoms with Crippen LogP contribution in [0, 0.1) is 5.82 Å². The average molecular weight is 679 g/mol. The van der Waals surface area contributed by atoms with Crippen molar-refractivity contribution in [3.05, 3.63) is 95.6 Å². The second-order valence-corrected chi connectivity index (χ2v) is 12.7.